The van der Waals surface area contributed by atoms with Gasteiger partial charge in [0.2, 0.25) is 5.91 Å². The monoisotopic (exact) mass is 253 g/mol. The number of rotatable bonds is 4. The van der Waals surface area contributed by atoms with Gasteiger partial charge in [0, 0.05) is 25.1 Å². The summed E-state index contributed by atoms with van der Waals surface area (Å²) in [5, 5.41) is 8.94. The summed E-state index contributed by atoms with van der Waals surface area (Å²) in [5.74, 6) is -0.752. The fourth-order valence-electron chi connectivity index (χ4n) is 2.09. The van der Waals surface area contributed by atoms with Crippen LogP contribution in [0, 0.1) is 5.41 Å². The van der Waals surface area contributed by atoms with E-state index in [0.29, 0.717) is 25.0 Å². The van der Waals surface area contributed by atoms with Crippen molar-refractivity contribution in [2.45, 2.75) is 46.5 Å². The van der Waals surface area contributed by atoms with Gasteiger partial charge in [-0.05, 0) is 24.7 Å². The Kier molecular flexibility index (Phi) is 4.93. The number of likely N-dealkylation sites (tertiary alicyclic amines) is 1. The van der Waals surface area contributed by atoms with Crippen molar-refractivity contribution in [3.8, 4) is 0 Å². The fraction of sp³-hybridized carbons (Fsp3) is 0.714. The fourth-order valence-corrected chi connectivity index (χ4v) is 2.09. The van der Waals surface area contributed by atoms with Crippen molar-refractivity contribution >= 4 is 11.9 Å². The molecule has 0 radical (unpaired) electrons. The van der Waals surface area contributed by atoms with E-state index >= 15 is 0 Å². The lowest BCUT2D eigenvalue weighted by Gasteiger charge is -2.22. The minimum absolute atomic E-state index is 0.137. The minimum atomic E-state index is -0.889. The third-order valence-electron chi connectivity index (χ3n) is 3.64. The van der Waals surface area contributed by atoms with Gasteiger partial charge < -0.3 is 10.0 Å². The molecule has 1 amide bonds. The molecule has 1 heterocycles. The van der Waals surface area contributed by atoms with Crippen LogP contribution in [0.3, 0.4) is 0 Å². The lowest BCUT2D eigenvalue weighted by molar-refractivity contribution is -0.133. The summed E-state index contributed by atoms with van der Waals surface area (Å²) in [4.78, 5) is 24.6. The molecule has 1 aliphatic rings. The average Bonchev–Trinajstić information content (AvgIpc) is 2.41. The molecule has 102 valence electrons. The Balaban J connectivity index is 2.66. The second-order valence-electron chi connectivity index (χ2n) is 5.64. The van der Waals surface area contributed by atoms with E-state index < -0.39 is 5.97 Å². The third-order valence-corrected chi connectivity index (χ3v) is 3.64. The largest absolute Gasteiger partial charge is 0.478 e. The number of aliphatic carboxylic acids is 1. The Bertz CT molecular complexity index is 358. The van der Waals surface area contributed by atoms with Gasteiger partial charge in [-0.1, -0.05) is 26.8 Å². The lowest BCUT2D eigenvalue weighted by Crippen LogP contribution is -2.31. The van der Waals surface area contributed by atoms with Crippen LogP contribution < -0.4 is 0 Å². The van der Waals surface area contributed by atoms with Crippen molar-refractivity contribution in [3.05, 3.63) is 11.6 Å². The standard InChI is InChI=1S/C14H23NO3/c1-4-11(13(17)18)6-9-15-10-8-14(2,3)7-5-12(15)16/h6H,4-5,7-10H2,1-3H3,(H,17,18). The molecule has 0 bridgehead atoms. The molecule has 1 N–H and O–H groups in total. The number of carboxylic acid groups (broad SMARTS) is 1. The highest BCUT2D eigenvalue weighted by molar-refractivity contribution is 5.86. The van der Waals surface area contributed by atoms with Crippen LogP contribution in [0.2, 0.25) is 0 Å². The molecule has 1 rings (SSSR count). The van der Waals surface area contributed by atoms with E-state index in [9.17, 15) is 9.59 Å². The van der Waals surface area contributed by atoms with Crippen LogP contribution in [0.5, 0.6) is 0 Å². The maximum absolute atomic E-state index is 11.9. The maximum Gasteiger partial charge on any atom is 0.331 e. The molecule has 0 atom stereocenters. The van der Waals surface area contributed by atoms with Gasteiger partial charge >= 0.3 is 5.97 Å². The molecule has 0 saturated carbocycles. The van der Waals surface area contributed by atoms with E-state index in [-0.39, 0.29) is 11.3 Å². The zero-order chi connectivity index (χ0) is 13.8. The van der Waals surface area contributed by atoms with E-state index in [2.05, 4.69) is 13.8 Å². The van der Waals surface area contributed by atoms with Gasteiger partial charge in [0.05, 0.1) is 0 Å². The molecule has 0 aliphatic carbocycles. The highest BCUT2D eigenvalue weighted by Crippen LogP contribution is 2.30. The van der Waals surface area contributed by atoms with E-state index in [1.165, 1.54) is 0 Å². The van der Waals surface area contributed by atoms with Gasteiger partial charge in [0.15, 0.2) is 0 Å². The summed E-state index contributed by atoms with van der Waals surface area (Å²) in [5.41, 5.74) is 0.584. The van der Waals surface area contributed by atoms with Crippen molar-refractivity contribution in [1.82, 2.24) is 4.90 Å². The summed E-state index contributed by atoms with van der Waals surface area (Å²) in [6.07, 6.45) is 4.60. The Labute approximate surface area is 109 Å². The van der Waals surface area contributed by atoms with Gasteiger partial charge in [-0.2, -0.15) is 0 Å². The summed E-state index contributed by atoms with van der Waals surface area (Å²) in [6, 6.07) is 0. The van der Waals surface area contributed by atoms with Crippen LogP contribution in [-0.4, -0.2) is 35.0 Å². The number of carbonyl (C=O) groups excluding carboxylic acids is 1. The van der Waals surface area contributed by atoms with Gasteiger partial charge in [-0.3, -0.25) is 4.79 Å². The second-order valence-corrected chi connectivity index (χ2v) is 5.64. The SMILES string of the molecule is CCC(=CCN1CCC(C)(C)CCC1=O)C(=O)O. The Morgan fingerprint density at radius 3 is 2.67 bits per heavy atom. The number of hydrogen-bond acceptors (Lipinski definition) is 2. The molecular weight excluding hydrogens is 230 g/mol. The predicted molar refractivity (Wildman–Crippen MR) is 70.2 cm³/mol. The summed E-state index contributed by atoms with van der Waals surface area (Å²) in [6.45, 7) is 7.30. The normalized spacial score (nSPS) is 20.7. The first-order valence-electron chi connectivity index (χ1n) is 6.56. The molecule has 18 heavy (non-hydrogen) atoms. The smallest absolute Gasteiger partial charge is 0.331 e. The molecule has 1 saturated heterocycles. The number of carbonyl (C=O) groups is 2. The predicted octanol–water partition coefficient (Wildman–Crippen LogP) is 2.45. The van der Waals surface area contributed by atoms with Crippen molar-refractivity contribution in [2.75, 3.05) is 13.1 Å². The molecule has 0 unspecified atom stereocenters. The zero-order valence-corrected chi connectivity index (χ0v) is 11.5. The van der Waals surface area contributed by atoms with Crippen LogP contribution in [-0.2, 0) is 9.59 Å². The molecule has 0 aromatic heterocycles. The van der Waals surface area contributed by atoms with E-state index in [1.807, 2.05) is 6.92 Å². The van der Waals surface area contributed by atoms with Crippen LogP contribution in [0.25, 0.3) is 0 Å². The first kappa shape index (κ1) is 14.7. The first-order valence-corrected chi connectivity index (χ1v) is 6.56. The van der Waals surface area contributed by atoms with Gasteiger partial charge in [0.1, 0.15) is 0 Å². The van der Waals surface area contributed by atoms with Crippen LogP contribution in [0.15, 0.2) is 11.6 Å². The first-order chi connectivity index (χ1) is 8.35. The number of hydrogen-bond donors (Lipinski definition) is 1. The van der Waals surface area contributed by atoms with E-state index in [1.54, 1.807) is 11.0 Å². The van der Waals surface area contributed by atoms with Crippen LogP contribution in [0.1, 0.15) is 46.5 Å². The third kappa shape index (κ3) is 4.17. The molecular formula is C14H23NO3. The van der Waals surface area contributed by atoms with Crippen molar-refractivity contribution in [2.24, 2.45) is 5.41 Å². The Morgan fingerprint density at radius 2 is 2.11 bits per heavy atom. The molecule has 0 aromatic carbocycles. The highest BCUT2D eigenvalue weighted by Gasteiger charge is 2.26. The van der Waals surface area contributed by atoms with Gasteiger partial charge in [-0.25, -0.2) is 4.79 Å². The van der Waals surface area contributed by atoms with Crippen molar-refractivity contribution in [3.63, 3.8) is 0 Å². The molecule has 1 aliphatic heterocycles. The Hall–Kier alpha value is -1.32. The quantitative estimate of drug-likeness (QED) is 0.783. The lowest BCUT2D eigenvalue weighted by atomic mass is 9.85. The number of nitrogens with zero attached hydrogens (tertiary/aromatic N) is 1. The van der Waals surface area contributed by atoms with E-state index in [4.69, 9.17) is 5.11 Å². The van der Waals surface area contributed by atoms with Crippen LogP contribution >= 0.6 is 0 Å². The number of amides is 1. The number of carboxylic acids is 1. The Morgan fingerprint density at radius 1 is 1.44 bits per heavy atom. The molecule has 4 heteroatoms. The molecule has 4 nitrogen and oxygen atoms in total. The second kappa shape index (κ2) is 6.03. The summed E-state index contributed by atoms with van der Waals surface area (Å²) in [7, 11) is 0. The van der Waals surface area contributed by atoms with Gasteiger partial charge in [-0.15, -0.1) is 0 Å². The molecule has 0 aromatic rings. The molecule has 1 fully saturated rings. The maximum atomic E-state index is 11.9. The topological polar surface area (TPSA) is 57.6 Å². The van der Waals surface area contributed by atoms with Crippen molar-refractivity contribution in [1.29, 1.82) is 0 Å². The summed E-state index contributed by atoms with van der Waals surface area (Å²) >= 11 is 0. The zero-order valence-electron chi connectivity index (χ0n) is 11.5. The van der Waals surface area contributed by atoms with Crippen molar-refractivity contribution < 1.29 is 14.7 Å². The van der Waals surface area contributed by atoms with E-state index in [0.717, 1.165) is 19.4 Å². The molecule has 0 spiro atoms. The minimum Gasteiger partial charge on any atom is -0.478 e. The van der Waals surface area contributed by atoms with Gasteiger partial charge in [0.25, 0.3) is 0 Å². The van der Waals surface area contributed by atoms with Crippen LogP contribution in [0.4, 0.5) is 0 Å². The average molecular weight is 253 g/mol. The highest BCUT2D eigenvalue weighted by atomic mass is 16.4. The summed E-state index contributed by atoms with van der Waals surface area (Å²) < 4.78 is 0.